The number of rotatable bonds is 5. The van der Waals surface area contributed by atoms with Crippen LogP contribution in [0.5, 0.6) is 5.88 Å². The Morgan fingerprint density at radius 3 is 3.12 bits per heavy atom. The topological polar surface area (TPSA) is 67.0 Å². The average Bonchev–Trinajstić information content (AvgIpc) is 2.64. The lowest BCUT2D eigenvalue weighted by atomic mass is 9.85. The van der Waals surface area contributed by atoms with Gasteiger partial charge in [0, 0.05) is 12.6 Å². The fraction of sp³-hybridized carbons (Fsp3) is 0.636. The van der Waals surface area contributed by atoms with Gasteiger partial charge in [0.2, 0.25) is 5.88 Å². The highest BCUT2D eigenvalue weighted by Crippen LogP contribution is 2.25. The SMILES string of the molecule is CCOc1cc(C(=O)NCC2CCC2)[nH]n1. The van der Waals surface area contributed by atoms with Crippen molar-refractivity contribution in [1.82, 2.24) is 15.5 Å². The predicted molar refractivity (Wildman–Crippen MR) is 59.4 cm³/mol. The van der Waals surface area contributed by atoms with Crippen molar-refractivity contribution in [2.45, 2.75) is 26.2 Å². The second-order valence-corrected chi connectivity index (χ2v) is 4.06. The van der Waals surface area contributed by atoms with Gasteiger partial charge in [-0.2, -0.15) is 0 Å². The van der Waals surface area contributed by atoms with Gasteiger partial charge in [-0.15, -0.1) is 5.10 Å². The summed E-state index contributed by atoms with van der Waals surface area (Å²) in [5, 5.41) is 9.43. The molecule has 0 unspecified atom stereocenters. The molecule has 0 aliphatic heterocycles. The van der Waals surface area contributed by atoms with Gasteiger partial charge in [-0.05, 0) is 25.7 Å². The number of nitrogens with one attached hydrogen (secondary N) is 2. The first-order chi connectivity index (χ1) is 7.79. The standard InChI is InChI=1S/C11H17N3O2/c1-2-16-10-6-9(13-14-10)11(15)12-7-8-4-3-5-8/h6,8H,2-5,7H2,1H3,(H,12,15)(H,13,14). The molecule has 0 aromatic carbocycles. The first-order valence-electron chi connectivity index (χ1n) is 5.76. The molecule has 0 atom stereocenters. The maximum absolute atomic E-state index is 11.7. The lowest BCUT2D eigenvalue weighted by Crippen LogP contribution is -2.32. The van der Waals surface area contributed by atoms with Crippen molar-refractivity contribution in [3.63, 3.8) is 0 Å². The summed E-state index contributed by atoms with van der Waals surface area (Å²) < 4.78 is 5.17. The largest absolute Gasteiger partial charge is 0.477 e. The molecule has 0 saturated heterocycles. The Morgan fingerprint density at radius 2 is 2.50 bits per heavy atom. The molecule has 0 spiro atoms. The number of carbonyl (C=O) groups excluding carboxylic acids is 1. The second-order valence-electron chi connectivity index (χ2n) is 4.06. The Kier molecular flexibility index (Phi) is 3.44. The van der Waals surface area contributed by atoms with Crippen LogP contribution in [0.4, 0.5) is 0 Å². The lowest BCUT2D eigenvalue weighted by molar-refractivity contribution is 0.0934. The van der Waals surface area contributed by atoms with Crippen molar-refractivity contribution in [2.75, 3.05) is 13.2 Å². The Bertz CT molecular complexity index is 358. The molecule has 2 rings (SSSR count). The quantitative estimate of drug-likeness (QED) is 0.791. The van der Waals surface area contributed by atoms with Crippen LogP contribution in [-0.2, 0) is 0 Å². The molecule has 88 valence electrons. The first kappa shape index (κ1) is 11.0. The summed E-state index contributed by atoms with van der Waals surface area (Å²) >= 11 is 0. The van der Waals surface area contributed by atoms with Crippen molar-refractivity contribution in [3.8, 4) is 5.88 Å². The Hall–Kier alpha value is -1.52. The van der Waals surface area contributed by atoms with Crippen LogP contribution in [0.1, 0.15) is 36.7 Å². The smallest absolute Gasteiger partial charge is 0.269 e. The zero-order valence-corrected chi connectivity index (χ0v) is 9.45. The number of H-pyrrole nitrogens is 1. The number of hydrogen-bond donors (Lipinski definition) is 2. The van der Waals surface area contributed by atoms with Crippen LogP contribution < -0.4 is 10.1 Å². The number of amides is 1. The van der Waals surface area contributed by atoms with Crippen LogP contribution in [-0.4, -0.2) is 29.3 Å². The number of aromatic nitrogens is 2. The summed E-state index contributed by atoms with van der Waals surface area (Å²) in [4.78, 5) is 11.7. The van der Waals surface area contributed by atoms with Crippen LogP contribution >= 0.6 is 0 Å². The molecule has 1 aromatic rings. The third-order valence-corrected chi connectivity index (χ3v) is 2.87. The Balaban J connectivity index is 1.82. The lowest BCUT2D eigenvalue weighted by Gasteiger charge is -2.25. The molecule has 0 radical (unpaired) electrons. The number of nitrogens with zero attached hydrogens (tertiary/aromatic N) is 1. The van der Waals surface area contributed by atoms with Gasteiger partial charge in [-0.3, -0.25) is 9.89 Å². The summed E-state index contributed by atoms with van der Waals surface area (Å²) in [7, 11) is 0. The van der Waals surface area contributed by atoms with E-state index in [2.05, 4.69) is 15.5 Å². The van der Waals surface area contributed by atoms with E-state index in [-0.39, 0.29) is 5.91 Å². The van der Waals surface area contributed by atoms with Gasteiger partial charge in [0.15, 0.2) is 0 Å². The number of hydrogen-bond acceptors (Lipinski definition) is 3. The van der Waals surface area contributed by atoms with Crippen molar-refractivity contribution in [3.05, 3.63) is 11.8 Å². The molecule has 1 aromatic heterocycles. The molecular formula is C11H17N3O2. The Labute approximate surface area is 94.6 Å². The van der Waals surface area contributed by atoms with E-state index < -0.39 is 0 Å². The molecule has 1 amide bonds. The number of carbonyl (C=O) groups is 1. The summed E-state index contributed by atoms with van der Waals surface area (Å²) in [5.41, 5.74) is 0.461. The van der Waals surface area contributed by atoms with Gasteiger partial charge >= 0.3 is 0 Å². The highest BCUT2D eigenvalue weighted by Gasteiger charge is 2.18. The first-order valence-corrected chi connectivity index (χ1v) is 5.76. The summed E-state index contributed by atoms with van der Waals surface area (Å²) in [6, 6.07) is 1.62. The summed E-state index contributed by atoms with van der Waals surface area (Å²) in [6.07, 6.45) is 3.75. The molecule has 5 nitrogen and oxygen atoms in total. The molecular weight excluding hydrogens is 206 g/mol. The van der Waals surface area contributed by atoms with E-state index in [0.717, 1.165) is 6.54 Å². The average molecular weight is 223 g/mol. The van der Waals surface area contributed by atoms with Crippen molar-refractivity contribution in [1.29, 1.82) is 0 Å². The van der Waals surface area contributed by atoms with Crippen LogP contribution in [0.2, 0.25) is 0 Å². The molecule has 1 heterocycles. The summed E-state index contributed by atoms with van der Waals surface area (Å²) in [6.45, 7) is 3.20. The van der Waals surface area contributed by atoms with Crippen LogP contribution in [0, 0.1) is 5.92 Å². The van der Waals surface area contributed by atoms with E-state index in [0.29, 0.717) is 24.1 Å². The zero-order chi connectivity index (χ0) is 11.4. The molecule has 1 fully saturated rings. The minimum atomic E-state index is -0.106. The van der Waals surface area contributed by atoms with Gasteiger partial charge in [0.1, 0.15) is 5.69 Å². The molecule has 1 aliphatic carbocycles. The summed E-state index contributed by atoms with van der Waals surface area (Å²) in [5.74, 6) is 1.03. The van der Waals surface area contributed by atoms with Gasteiger partial charge in [-0.1, -0.05) is 6.42 Å². The molecule has 0 bridgehead atoms. The van der Waals surface area contributed by atoms with Crippen molar-refractivity contribution >= 4 is 5.91 Å². The minimum absolute atomic E-state index is 0.106. The zero-order valence-electron chi connectivity index (χ0n) is 9.45. The molecule has 5 heteroatoms. The van der Waals surface area contributed by atoms with E-state index in [4.69, 9.17) is 4.74 Å². The molecule has 2 N–H and O–H groups in total. The maximum Gasteiger partial charge on any atom is 0.269 e. The van der Waals surface area contributed by atoms with Gasteiger partial charge in [-0.25, -0.2) is 0 Å². The van der Waals surface area contributed by atoms with Crippen molar-refractivity contribution < 1.29 is 9.53 Å². The van der Waals surface area contributed by atoms with Gasteiger partial charge in [0.25, 0.3) is 5.91 Å². The monoisotopic (exact) mass is 223 g/mol. The van der Waals surface area contributed by atoms with E-state index in [9.17, 15) is 4.79 Å². The number of aromatic amines is 1. The van der Waals surface area contributed by atoms with Crippen LogP contribution in [0.15, 0.2) is 6.07 Å². The number of ether oxygens (including phenoxy) is 1. The Morgan fingerprint density at radius 1 is 1.69 bits per heavy atom. The van der Waals surface area contributed by atoms with Crippen molar-refractivity contribution in [2.24, 2.45) is 5.92 Å². The van der Waals surface area contributed by atoms with E-state index in [1.807, 2.05) is 6.92 Å². The third-order valence-electron chi connectivity index (χ3n) is 2.87. The third kappa shape index (κ3) is 2.53. The van der Waals surface area contributed by atoms with E-state index in [1.165, 1.54) is 19.3 Å². The normalized spacial score (nSPS) is 15.6. The fourth-order valence-corrected chi connectivity index (χ4v) is 1.67. The predicted octanol–water partition coefficient (Wildman–Crippen LogP) is 1.34. The van der Waals surface area contributed by atoms with Gasteiger partial charge in [0.05, 0.1) is 6.61 Å². The fourth-order valence-electron chi connectivity index (χ4n) is 1.67. The van der Waals surface area contributed by atoms with E-state index >= 15 is 0 Å². The minimum Gasteiger partial charge on any atom is -0.477 e. The highest BCUT2D eigenvalue weighted by atomic mass is 16.5. The molecule has 1 aliphatic rings. The van der Waals surface area contributed by atoms with Crippen LogP contribution in [0.25, 0.3) is 0 Å². The van der Waals surface area contributed by atoms with E-state index in [1.54, 1.807) is 6.07 Å². The van der Waals surface area contributed by atoms with Crippen LogP contribution in [0.3, 0.4) is 0 Å². The van der Waals surface area contributed by atoms with Gasteiger partial charge < -0.3 is 10.1 Å². The second kappa shape index (κ2) is 5.01. The molecule has 16 heavy (non-hydrogen) atoms. The molecule has 1 saturated carbocycles. The highest BCUT2D eigenvalue weighted by molar-refractivity contribution is 5.92. The maximum atomic E-state index is 11.7.